The zero-order valence-electron chi connectivity index (χ0n) is 19.0. The normalized spacial score (nSPS) is 18.1. The molecule has 7 nitrogen and oxygen atoms in total. The molecular weight excluding hydrogens is 436 g/mol. The quantitative estimate of drug-likeness (QED) is 0.391. The molecule has 0 spiro atoms. The molecule has 172 valence electrons. The van der Waals surface area contributed by atoms with Gasteiger partial charge in [-0.2, -0.15) is 5.10 Å². The highest BCUT2D eigenvalue weighted by molar-refractivity contribution is 6.29. The Morgan fingerprint density at radius 1 is 1.06 bits per heavy atom. The third kappa shape index (κ3) is 4.89. The lowest BCUT2D eigenvalue weighted by Crippen LogP contribution is -2.14. The van der Waals surface area contributed by atoms with Gasteiger partial charge in [0.25, 0.3) is 0 Å². The van der Waals surface area contributed by atoms with Crippen LogP contribution >= 0.6 is 11.6 Å². The minimum absolute atomic E-state index is 0.419. The molecule has 4 heterocycles. The average Bonchev–Trinajstić information content (AvgIpc) is 3.41. The number of imidazole rings is 2. The second-order valence-electron chi connectivity index (χ2n) is 8.72. The molecule has 0 amide bonds. The van der Waals surface area contributed by atoms with Gasteiger partial charge in [-0.15, -0.1) is 0 Å². The van der Waals surface area contributed by atoms with E-state index in [-0.39, 0.29) is 0 Å². The summed E-state index contributed by atoms with van der Waals surface area (Å²) in [6.07, 6.45) is 10.6. The molecule has 8 heteroatoms. The summed E-state index contributed by atoms with van der Waals surface area (Å²) in [6.45, 7) is 3.13. The first-order chi connectivity index (χ1) is 16.1. The Morgan fingerprint density at radius 2 is 1.85 bits per heavy atom. The van der Waals surface area contributed by atoms with Crippen LogP contribution in [0.5, 0.6) is 0 Å². The molecule has 1 aromatic carbocycles. The van der Waals surface area contributed by atoms with E-state index in [2.05, 4.69) is 56.6 Å². The Morgan fingerprint density at radius 3 is 2.48 bits per heavy atom. The minimum Gasteiger partial charge on any atom is -0.385 e. The summed E-state index contributed by atoms with van der Waals surface area (Å²) < 4.78 is 7.05. The fourth-order valence-electron chi connectivity index (χ4n) is 4.09. The predicted molar refractivity (Wildman–Crippen MR) is 132 cm³/mol. The largest absolute Gasteiger partial charge is 0.385 e. The summed E-state index contributed by atoms with van der Waals surface area (Å²) >= 11 is 6.15. The first kappa shape index (κ1) is 21.9. The Bertz CT molecular complexity index is 1220. The summed E-state index contributed by atoms with van der Waals surface area (Å²) in [5.74, 6) is 1.72. The van der Waals surface area contributed by atoms with Crippen LogP contribution in [-0.2, 0) is 4.74 Å². The summed E-state index contributed by atoms with van der Waals surface area (Å²) in [5.41, 5.74) is 5.68. The second kappa shape index (κ2) is 9.53. The fraction of sp³-hybridized carbons (Fsp3) is 0.400. The van der Waals surface area contributed by atoms with E-state index in [1.165, 1.54) is 32.1 Å². The van der Waals surface area contributed by atoms with Crippen LogP contribution in [0.2, 0.25) is 5.15 Å². The Hall–Kier alpha value is -2.90. The number of nitrogens with one attached hydrogen (secondary N) is 2. The lowest BCUT2D eigenvalue weighted by atomic mass is 10.1. The molecule has 33 heavy (non-hydrogen) atoms. The van der Waals surface area contributed by atoms with Crippen LogP contribution in [0.3, 0.4) is 0 Å². The van der Waals surface area contributed by atoms with Crippen molar-refractivity contribution in [2.45, 2.75) is 51.0 Å². The van der Waals surface area contributed by atoms with Gasteiger partial charge in [0.15, 0.2) is 10.8 Å². The van der Waals surface area contributed by atoms with Crippen molar-refractivity contribution in [3.8, 4) is 22.5 Å². The van der Waals surface area contributed by atoms with E-state index in [1.54, 1.807) is 10.6 Å². The van der Waals surface area contributed by atoms with Gasteiger partial charge in [-0.3, -0.25) is 0 Å². The van der Waals surface area contributed by atoms with Gasteiger partial charge in [-0.25, -0.2) is 14.5 Å². The van der Waals surface area contributed by atoms with Crippen LogP contribution in [0.1, 0.15) is 50.8 Å². The number of aromatic nitrogens is 5. The number of hydrogen-bond acceptors (Lipinski definition) is 5. The third-order valence-electron chi connectivity index (χ3n) is 6.17. The summed E-state index contributed by atoms with van der Waals surface area (Å²) in [4.78, 5) is 12.4. The molecule has 1 saturated heterocycles. The van der Waals surface area contributed by atoms with E-state index < -0.39 is 0 Å². The van der Waals surface area contributed by atoms with Crippen LogP contribution in [0.25, 0.3) is 28.2 Å². The minimum atomic E-state index is 0.419. The van der Waals surface area contributed by atoms with E-state index in [4.69, 9.17) is 16.3 Å². The van der Waals surface area contributed by atoms with E-state index >= 15 is 0 Å². The number of nitrogens with zero attached hydrogens (tertiary/aromatic N) is 4. The molecule has 1 atom stereocenters. The van der Waals surface area contributed by atoms with Crippen LogP contribution in [0.4, 0.5) is 5.69 Å². The molecule has 6 rings (SSSR count). The molecule has 1 aliphatic carbocycles. The van der Waals surface area contributed by atoms with Gasteiger partial charge in [-0.1, -0.05) is 35.9 Å². The number of anilines is 1. The number of halogens is 1. The predicted octanol–water partition coefficient (Wildman–Crippen LogP) is 5.93. The summed E-state index contributed by atoms with van der Waals surface area (Å²) in [5, 5.41) is 7.92. The fourth-order valence-corrected chi connectivity index (χ4v) is 4.27. The SMILES string of the molecule is CC1CCCCO1.CNc1cc(Cl)nn2c(-c3ccc(-c4cnc(C5CC5)[nH]4)cc3)cnc12. The van der Waals surface area contributed by atoms with Gasteiger partial charge in [0.1, 0.15) is 5.82 Å². The van der Waals surface area contributed by atoms with Gasteiger partial charge in [0, 0.05) is 31.2 Å². The number of ether oxygens (including phenoxy) is 1. The monoisotopic (exact) mass is 464 g/mol. The van der Waals surface area contributed by atoms with Crippen LogP contribution in [0.15, 0.2) is 42.7 Å². The maximum atomic E-state index is 6.15. The topological polar surface area (TPSA) is 80.1 Å². The number of H-pyrrole nitrogens is 1. The van der Waals surface area contributed by atoms with Crippen molar-refractivity contribution < 1.29 is 4.74 Å². The second-order valence-corrected chi connectivity index (χ2v) is 9.11. The maximum Gasteiger partial charge on any atom is 0.177 e. The smallest absolute Gasteiger partial charge is 0.177 e. The Labute approximate surface area is 198 Å². The molecule has 4 aromatic rings. The van der Waals surface area contributed by atoms with Crippen molar-refractivity contribution in [2.75, 3.05) is 19.0 Å². The number of fused-ring (bicyclic) bond motifs is 1. The van der Waals surface area contributed by atoms with Crippen LogP contribution in [-0.4, -0.2) is 44.3 Å². The molecule has 0 bridgehead atoms. The Balaban J connectivity index is 0.000000281. The molecule has 3 aromatic heterocycles. The van der Waals surface area contributed by atoms with Gasteiger partial charge < -0.3 is 15.0 Å². The van der Waals surface area contributed by atoms with Crippen molar-refractivity contribution in [2.24, 2.45) is 0 Å². The van der Waals surface area contributed by atoms with E-state index in [9.17, 15) is 0 Å². The van der Waals surface area contributed by atoms with Gasteiger partial charge in [0.2, 0.25) is 0 Å². The van der Waals surface area contributed by atoms with Crippen molar-refractivity contribution in [3.05, 3.63) is 53.7 Å². The van der Waals surface area contributed by atoms with Gasteiger partial charge >= 0.3 is 0 Å². The molecule has 2 fully saturated rings. The number of rotatable bonds is 4. The van der Waals surface area contributed by atoms with E-state index in [1.807, 2.05) is 19.4 Å². The first-order valence-corrected chi connectivity index (χ1v) is 12.0. The lowest BCUT2D eigenvalue weighted by Gasteiger charge is -2.17. The highest BCUT2D eigenvalue weighted by Gasteiger charge is 2.26. The number of hydrogen-bond donors (Lipinski definition) is 2. The first-order valence-electron chi connectivity index (χ1n) is 11.6. The van der Waals surface area contributed by atoms with Crippen molar-refractivity contribution in [1.82, 2.24) is 24.6 Å². The van der Waals surface area contributed by atoms with Crippen molar-refractivity contribution >= 4 is 22.9 Å². The summed E-state index contributed by atoms with van der Waals surface area (Å²) in [6, 6.07) is 10.1. The Kier molecular flexibility index (Phi) is 6.33. The molecule has 1 unspecified atom stereocenters. The molecular formula is C25H29ClN6O. The molecule has 2 N–H and O–H groups in total. The molecule has 1 aliphatic heterocycles. The van der Waals surface area contributed by atoms with Gasteiger partial charge in [-0.05, 0) is 44.6 Å². The van der Waals surface area contributed by atoms with E-state index in [0.29, 0.717) is 17.2 Å². The van der Waals surface area contributed by atoms with Gasteiger partial charge in [0.05, 0.1) is 35.6 Å². The summed E-state index contributed by atoms with van der Waals surface area (Å²) in [7, 11) is 1.84. The average molecular weight is 465 g/mol. The number of aromatic amines is 1. The van der Waals surface area contributed by atoms with Crippen LogP contribution < -0.4 is 5.32 Å². The van der Waals surface area contributed by atoms with Crippen molar-refractivity contribution in [1.29, 1.82) is 0 Å². The molecule has 1 saturated carbocycles. The highest BCUT2D eigenvalue weighted by atomic mass is 35.5. The van der Waals surface area contributed by atoms with Crippen LogP contribution in [0, 0.1) is 0 Å². The highest BCUT2D eigenvalue weighted by Crippen LogP contribution is 2.39. The third-order valence-corrected chi connectivity index (χ3v) is 6.35. The zero-order chi connectivity index (χ0) is 22.8. The maximum absolute atomic E-state index is 6.15. The molecule has 2 aliphatic rings. The zero-order valence-corrected chi connectivity index (χ0v) is 19.8. The molecule has 0 radical (unpaired) electrons. The van der Waals surface area contributed by atoms with Crippen molar-refractivity contribution in [3.63, 3.8) is 0 Å². The number of benzene rings is 1. The van der Waals surface area contributed by atoms with E-state index in [0.717, 1.165) is 46.3 Å². The lowest BCUT2D eigenvalue weighted by molar-refractivity contribution is 0.0285. The standard InChI is InChI=1S/C19H17ClN6.C6H12O/c1-21-14-8-17(20)25-26-16(10-23-19(14)26)12-4-2-11(3-5-12)15-9-22-18(24-15)13-6-7-13;1-6-4-2-3-5-7-6/h2-5,8-10,13,21H,6-7H2,1H3,(H,22,24);6H,2-5H2,1H3.